The van der Waals surface area contributed by atoms with Crippen molar-refractivity contribution in [3.05, 3.63) is 180 Å². The van der Waals surface area contributed by atoms with E-state index in [1.807, 2.05) is 24.4 Å². The molecular weight excluding hydrogens is 665 g/mol. The van der Waals surface area contributed by atoms with Crippen LogP contribution in [0.1, 0.15) is 58.6 Å². The highest BCUT2D eigenvalue weighted by Crippen LogP contribution is 2.46. The zero-order chi connectivity index (χ0) is 38.0. The molecular formula is C48H48N4O2. The lowest BCUT2D eigenvalue weighted by Crippen LogP contribution is -2.14. The second kappa shape index (κ2) is 17.5. The summed E-state index contributed by atoms with van der Waals surface area (Å²) in [6.07, 6.45) is 17.8. The molecule has 2 atom stereocenters. The Morgan fingerprint density at radius 1 is 0.815 bits per heavy atom. The van der Waals surface area contributed by atoms with Crippen LogP contribution in [0.25, 0.3) is 62.8 Å². The molecule has 54 heavy (non-hydrogen) atoms. The Labute approximate surface area is 319 Å². The monoisotopic (exact) mass is 712 g/mol. The first-order valence-electron chi connectivity index (χ1n) is 18.2. The molecule has 0 amide bonds. The third kappa shape index (κ3) is 8.06. The number of allylic oxidation sites excluding steroid dienone is 3. The minimum absolute atomic E-state index is 0.113. The summed E-state index contributed by atoms with van der Waals surface area (Å²) in [7, 11) is 1.58. The highest BCUT2D eigenvalue weighted by molar-refractivity contribution is 6.00. The molecule has 0 saturated carbocycles. The molecule has 0 spiro atoms. The maximum absolute atomic E-state index is 6.45. The second-order valence-electron chi connectivity index (χ2n) is 13.3. The Balaban J connectivity index is 1.60. The first kappa shape index (κ1) is 37.5. The van der Waals surface area contributed by atoms with Crippen LogP contribution in [-0.2, 0) is 15.9 Å². The van der Waals surface area contributed by atoms with Gasteiger partial charge in [0.2, 0.25) is 0 Å². The predicted molar refractivity (Wildman–Crippen MR) is 227 cm³/mol. The maximum atomic E-state index is 6.45. The van der Waals surface area contributed by atoms with E-state index in [0.29, 0.717) is 12.3 Å². The van der Waals surface area contributed by atoms with Crippen LogP contribution in [0.4, 0.5) is 0 Å². The van der Waals surface area contributed by atoms with Crippen molar-refractivity contribution < 1.29 is 9.47 Å². The highest BCUT2D eigenvalue weighted by atomic mass is 16.5. The molecule has 0 saturated heterocycles. The van der Waals surface area contributed by atoms with Crippen molar-refractivity contribution >= 4 is 29.4 Å². The average molecular weight is 713 g/mol. The number of hydrogen-bond donors (Lipinski definition) is 3. The highest BCUT2D eigenvalue weighted by Gasteiger charge is 2.26. The van der Waals surface area contributed by atoms with Gasteiger partial charge in [0.05, 0.1) is 18.6 Å². The number of benzene rings is 4. The van der Waals surface area contributed by atoms with Crippen LogP contribution in [-0.4, -0.2) is 18.7 Å². The molecule has 1 aliphatic rings. The van der Waals surface area contributed by atoms with E-state index in [9.17, 15) is 0 Å². The molecule has 6 heteroatoms. The summed E-state index contributed by atoms with van der Waals surface area (Å²) in [4.78, 5) is 4.73. The average Bonchev–Trinajstić information content (AvgIpc) is 3.23. The van der Waals surface area contributed by atoms with Crippen LogP contribution in [0, 0.1) is 5.92 Å². The fourth-order valence-electron chi connectivity index (χ4n) is 7.14. The van der Waals surface area contributed by atoms with Gasteiger partial charge in [0.25, 0.3) is 0 Å². The topological polar surface area (TPSA) is 109 Å². The molecule has 0 radical (unpaired) electrons. The summed E-state index contributed by atoms with van der Waals surface area (Å²) in [5.74, 6) is 0.113. The Morgan fingerprint density at radius 3 is 2.02 bits per heavy atom. The van der Waals surface area contributed by atoms with Gasteiger partial charge in [-0.15, -0.1) is 0 Å². The number of nitrogens with two attached hydrogens (primary N) is 3. The minimum Gasteiger partial charge on any atom is -0.499 e. The molecule has 1 heterocycles. The Kier molecular flexibility index (Phi) is 12.2. The third-order valence-corrected chi connectivity index (χ3v) is 9.84. The van der Waals surface area contributed by atoms with Gasteiger partial charge in [0.1, 0.15) is 6.23 Å². The molecule has 5 aromatic rings. The number of nitrogens with zero attached hydrogens (tertiary/aromatic N) is 1. The van der Waals surface area contributed by atoms with Crippen molar-refractivity contribution in [2.75, 3.05) is 13.7 Å². The lowest BCUT2D eigenvalue weighted by Gasteiger charge is -2.28. The van der Waals surface area contributed by atoms with Crippen LogP contribution in [0.3, 0.4) is 0 Å². The Bertz CT molecular complexity index is 2180. The van der Waals surface area contributed by atoms with Crippen LogP contribution in [0.5, 0.6) is 0 Å². The second-order valence-corrected chi connectivity index (χ2v) is 13.3. The molecule has 1 aliphatic carbocycles. The van der Waals surface area contributed by atoms with Gasteiger partial charge in [0.15, 0.2) is 0 Å². The lowest BCUT2D eigenvalue weighted by atomic mass is 9.76. The summed E-state index contributed by atoms with van der Waals surface area (Å²) in [6, 6.07) is 32.0. The van der Waals surface area contributed by atoms with Crippen molar-refractivity contribution in [1.29, 1.82) is 0 Å². The summed E-state index contributed by atoms with van der Waals surface area (Å²) in [5.41, 5.74) is 33.9. The van der Waals surface area contributed by atoms with Crippen molar-refractivity contribution in [3.8, 4) is 33.4 Å². The van der Waals surface area contributed by atoms with Crippen molar-refractivity contribution in [3.63, 3.8) is 0 Å². The van der Waals surface area contributed by atoms with Crippen molar-refractivity contribution in [1.82, 2.24) is 4.98 Å². The molecule has 0 bridgehead atoms. The SMILES string of the molecule is C=Cc1c(C=C)c(-c2ccc(C(N)OC)nc2)c2c(c1C(/C=C\C(C)CO/C=C\N)=C/N)CCC(c1cc(-c3ccccc3)cc(-c3ccccc3)c1)=C2. The predicted octanol–water partition coefficient (Wildman–Crippen LogP) is 10.4. The number of aromatic nitrogens is 1. The van der Waals surface area contributed by atoms with Gasteiger partial charge in [-0.1, -0.05) is 117 Å². The number of ether oxygens (including phenoxy) is 2. The largest absolute Gasteiger partial charge is 0.499 e. The number of pyridine rings is 1. The first-order chi connectivity index (χ1) is 26.4. The van der Waals surface area contributed by atoms with Crippen LogP contribution < -0.4 is 17.2 Å². The van der Waals surface area contributed by atoms with E-state index in [2.05, 4.69) is 123 Å². The number of rotatable bonds is 14. The quantitative estimate of drug-likeness (QED) is 0.0601. The van der Waals surface area contributed by atoms with E-state index >= 15 is 0 Å². The molecule has 6 N–H and O–H groups in total. The van der Waals surface area contributed by atoms with Crippen molar-refractivity contribution in [2.45, 2.75) is 26.0 Å². The normalized spacial score (nSPS) is 14.1. The number of hydrogen-bond acceptors (Lipinski definition) is 6. The molecule has 0 aliphatic heterocycles. The first-order valence-corrected chi connectivity index (χ1v) is 18.2. The standard InChI is InChI=1S/C48H48N4O2/c1-5-41-42(6-2)47(37-20-22-45(52-30-37)48(51)53-4)44-28-35(19-21-43(44)46(41)36(29-50)18-17-32(3)31-54-24-23-49)40-26-38(33-13-9-7-10-14-33)25-39(27-40)34-15-11-8-12-16-34/h5-18,20,22-30,32,48H,1-2,19,21,31,49-51H2,3-4H3/b18-17-,24-23-,36-29+. The Hall–Kier alpha value is -6.21. The summed E-state index contributed by atoms with van der Waals surface area (Å²) < 4.78 is 10.9. The van der Waals surface area contributed by atoms with Crippen molar-refractivity contribution in [2.24, 2.45) is 23.1 Å². The summed E-state index contributed by atoms with van der Waals surface area (Å²) in [6.45, 7) is 11.2. The fourth-order valence-corrected chi connectivity index (χ4v) is 7.14. The van der Waals surface area contributed by atoms with E-state index in [1.54, 1.807) is 13.3 Å². The summed E-state index contributed by atoms with van der Waals surface area (Å²) >= 11 is 0. The number of methoxy groups -OCH3 is 1. The van der Waals surface area contributed by atoms with Gasteiger partial charge in [-0.05, 0) is 109 Å². The van der Waals surface area contributed by atoms with Gasteiger partial charge in [-0.2, -0.15) is 0 Å². The molecule has 272 valence electrons. The smallest absolute Gasteiger partial charge is 0.148 e. The van der Waals surface area contributed by atoms with Gasteiger partial charge in [-0.3, -0.25) is 4.98 Å². The molecule has 6 nitrogen and oxygen atoms in total. The van der Waals surface area contributed by atoms with Gasteiger partial charge < -0.3 is 26.7 Å². The zero-order valence-corrected chi connectivity index (χ0v) is 31.0. The molecule has 6 rings (SSSR count). The fraction of sp³-hybridized carbons (Fsp3) is 0.146. The van der Waals surface area contributed by atoms with Gasteiger partial charge in [0, 0.05) is 37.2 Å². The zero-order valence-electron chi connectivity index (χ0n) is 31.0. The molecule has 0 fully saturated rings. The molecule has 2 unspecified atom stereocenters. The van der Waals surface area contributed by atoms with E-state index < -0.39 is 6.23 Å². The van der Waals surface area contributed by atoms with Crippen LogP contribution in [0.2, 0.25) is 0 Å². The molecule has 4 aromatic carbocycles. The lowest BCUT2D eigenvalue weighted by molar-refractivity contribution is 0.106. The molecule has 1 aromatic heterocycles. The summed E-state index contributed by atoms with van der Waals surface area (Å²) in [5, 5.41) is 0. The van der Waals surface area contributed by atoms with E-state index in [4.69, 9.17) is 31.7 Å². The van der Waals surface area contributed by atoms with Crippen LogP contribution in [0.15, 0.2) is 141 Å². The maximum Gasteiger partial charge on any atom is 0.148 e. The Morgan fingerprint density at radius 2 is 1.46 bits per heavy atom. The van der Waals surface area contributed by atoms with E-state index in [-0.39, 0.29) is 5.92 Å². The van der Waals surface area contributed by atoms with Crippen LogP contribution >= 0.6 is 0 Å². The van der Waals surface area contributed by atoms with Gasteiger partial charge >= 0.3 is 0 Å². The number of fused-ring (bicyclic) bond motifs is 1. The van der Waals surface area contributed by atoms with E-state index in [1.165, 1.54) is 51.4 Å². The van der Waals surface area contributed by atoms with Gasteiger partial charge in [-0.25, -0.2) is 0 Å². The third-order valence-electron chi connectivity index (χ3n) is 9.84. The van der Waals surface area contributed by atoms with E-state index in [0.717, 1.165) is 51.8 Å². The minimum atomic E-state index is -0.622.